The lowest BCUT2D eigenvalue weighted by Crippen LogP contribution is -1.95. The minimum absolute atomic E-state index is 0.852. The van der Waals surface area contributed by atoms with Crippen LogP contribution in [0.5, 0.6) is 5.75 Å². The molecule has 2 heteroatoms. The van der Waals surface area contributed by atoms with Gasteiger partial charge in [-0.2, -0.15) is 0 Å². The fraction of sp³-hybridized carbons (Fsp3) is 0.0870. The lowest BCUT2D eigenvalue weighted by Gasteiger charge is -2.15. The summed E-state index contributed by atoms with van der Waals surface area (Å²) in [6, 6.07) is 27.0. The predicted octanol–water partition coefficient (Wildman–Crippen LogP) is 5.89. The van der Waals surface area contributed by atoms with Gasteiger partial charge in [0.25, 0.3) is 0 Å². The van der Waals surface area contributed by atoms with Gasteiger partial charge in [-0.3, -0.25) is 0 Å². The molecule has 122 valence electrons. The maximum Gasteiger partial charge on any atom is 0.118 e. The van der Waals surface area contributed by atoms with Crippen LogP contribution < -0.4 is 4.74 Å². The van der Waals surface area contributed by atoms with Gasteiger partial charge in [0, 0.05) is 10.9 Å². The van der Waals surface area contributed by atoms with Gasteiger partial charge in [-0.25, -0.2) is 4.98 Å². The number of hydrogen-bond acceptors (Lipinski definition) is 2. The second kappa shape index (κ2) is 6.40. The first kappa shape index (κ1) is 15.4. The number of ether oxygens (including phenoxy) is 1. The predicted molar refractivity (Wildman–Crippen MR) is 104 cm³/mol. The number of pyridine rings is 1. The number of fused-ring (bicyclic) bond motifs is 1. The Morgan fingerprint density at radius 1 is 0.720 bits per heavy atom. The smallest absolute Gasteiger partial charge is 0.118 e. The topological polar surface area (TPSA) is 22.1 Å². The van der Waals surface area contributed by atoms with Crippen molar-refractivity contribution < 1.29 is 4.74 Å². The molecule has 0 saturated carbocycles. The molecule has 0 spiro atoms. The van der Waals surface area contributed by atoms with E-state index in [1.807, 2.05) is 24.3 Å². The summed E-state index contributed by atoms with van der Waals surface area (Å²) in [5, 5.41) is 1.18. The van der Waals surface area contributed by atoms with Gasteiger partial charge in [-0.05, 0) is 53.9 Å². The van der Waals surface area contributed by atoms with Crippen molar-refractivity contribution in [2.75, 3.05) is 7.11 Å². The fourth-order valence-electron chi connectivity index (χ4n) is 3.31. The highest BCUT2D eigenvalue weighted by molar-refractivity contribution is 5.99. The number of hydrogen-bond donors (Lipinski definition) is 0. The molecular formula is C23H19NO. The van der Waals surface area contributed by atoms with E-state index in [1.54, 1.807) is 7.11 Å². The first-order chi connectivity index (χ1) is 12.3. The third-order valence-electron chi connectivity index (χ3n) is 4.56. The van der Waals surface area contributed by atoms with Gasteiger partial charge < -0.3 is 4.74 Å². The molecule has 0 atom stereocenters. The van der Waals surface area contributed by atoms with Crippen LogP contribution in [-0.2, 0) is 0 Å². The van der Waals surface area contributed by atoms with Crippen molar-refractivity contribution in [1.29, 1.82) is 0 Å². The molecule has 0 bridgehead atoms. The van der Waals surface area contributed by atoms with E-state index in [9.17, 15) is 0 Å². The second-order valence-corrected chi connectivity index (χ2v) is 6.07. The van der Waals surface area contributed by atoms with Crippen molar-refractivity contribution in [2.24, 2.45) is 0 Å². The average Bonchev–Trinajstić information content (AvgIpc) is 2.68. The zero-order chi connectivity index (χ0) is 17.2. The fourth-order valence-corrected chi connectivity index (χ4v) is 3.31. The molecule has 0 unspecified atom stereocenters. The van der Waals surface area contributed by atoms with E-state index < -0.39 is 0 Å². The number of para-hydroxylation sites is 1. The first-order valence-electron chi connectivity index (χ1n) is 8.37. The maximum atomic E-state index is 5.28. The van der Waals surface area contributed by atoms with Gasteiger partial charge >= 0.3 is 0 Å². The molecule has 3 aromatic carbocycles. The Bertz CT molecular complexity index is 1020. The Morgan fingerprint density at radius 3 is 2.12 bits per heavy atom. The summed E-state index contributed by atoms with van der Waals surface area (Å²) in [6.07, 6.45) is 0. The van der Waals surface area contributed by atoms with E-state index in [0.29, 0.717) is 0 Å². The van der Waals surface area contributed by atoms with E-state index in [4.69, 9.17) is 9.72 Å². The minimum Gasteiger partial charge on any atom is -0.497 e. The molecule has 0 amide bonds. The van der Waals surface area contributed by atoms with Crippen LogP contribution in [0.4, 0.5) is 0 Å². The monoisotopic (exact) mass is 325 g/mol. The zero-order valence-electron chi connectivity index (χ0n) is 14.4. The Kier molecular flexibility index (Phi) is 3.95. The van der Waals surface area contributed by atoms with Crippen LogP contribution in [0, 0.1) is 6.92 Å². The molecule has 4 aromatic rings. The van der Waals surface area contributed by atoms with Crippen molar-refractivity contribution in [3.8, 4) is 28.1 Å². The number of nitrogens with zero attached hydrogens (tertiary/aromatic N) is 1. The summed E-state index contributed by atoms with van der Waals surface area (Å²) < 4.78 is 5.28. The first-order valence-corrected chi connectivity index (χ1v) is 8.37. The summed E-state index contributed by atoms with van der Waals surface area (Å²) in [7, 11) is 1.68. The zero-order valence-corrected chi connectivity index (χ0v) is 14.4. The molecular weight excluding hydrogens is 306 g/mol. The molecule has 4 rings (SSSR count). The molecule has 0 aliphatic heterocycles. The molecule has 0 radical (unpaired) electrons. The van der Waals surface area contributed by atoms with Gasteiger partial charge in [0.2, 0.25) is 0 Å². The molecule has 1 aromatic heterocycles. The standard InChI is InChI=1S/C23H19NO/c1-16-22(17-8-4-3-5-9-17)20-10-6-7-11-21(20)24-23(16)18-12-14-19(25-2)15-13-18/h3-15H,1-2H3. The molecule has 0 aliphatic rings. The lowest BCUT2D eigenvalue weighted by atomic mass is 9.93. The highest BCUT2D eigenvalue weighted by Crippen LogP contribution is 2.36. The highest BCUT2D eigenvalue weighted by Gasteiger charge is 2.14. The number of aromatic nitrogens is 1. The van der Waals surface area contributed by atoms with Crippen LogP contribution in [0.3, 0.4) is 0 Å². The molecule has 0 N–H and O–H groups in total. The van der Waals surface area contributed by atoms with Crippen LogP contribution in [0.2, 0.25) is 0 Å². The van der Waals surface area contributed by atoms with Crippen molar-refractivity contribution in [2.45, 2.75) is 6.92 Å². The summed E-state index contributed by atoms with van der Waals surface area (Å²) in [5.41, 5.74) is 6.78. The Labute approximate surface area is 147 Å². The SMILES string of the molecule is COc1ccc(-c2nc3ccccc3c(-c3ccccc3)c2C)cc1. The van der Waals surface area contributed by atoms with E-state index in [1.165, 1.54) is 22.1 Å². The maximum absolute atomic E-state index is 5.28. The van der Waals surface area contributed by atoms with Crippen LogP contribution in [-0.4, -0.2) is 12.1 Å². The lowest BCUT2D eigenvalue weighted by molar-refractivity contribution is 0.415. The highest BCUT2D eigenvalue weighted by atomic mass is 16.5. The summed E-state index contributed by atoms with van der Waals surface area (Å²) in [4.78, 5) is 4.95. The van der Waals surface area contributed by atoms with E-state index in [2.05, 4.69) is 61.5 Å². The van der Waals surface area contributed by atoms with E-state index >= 15 is 0 Å². The molecule has 2 nitrogen and oxygen atoms in total. The minimum atomic E-state index is 0.852. The summed E-state index contributed by atoms with van der Waals surface area (Å²) >= 11 is 0. The summed E-state index contributed by atoms with van der Waals surface area (Å²) in [5.74, 6) is 0.852. The number of benzene rings is 3. The van der Waals surface area contributed by atoms with E-state index in [0.717, 1.165) is 22.5 Å². The van der Waals surface area contributed by atoms with Crippen molar-refractivity contribution in [3.05, 3.63) is 84.4 Å². The second-order valence-electron chi connectivity index (χ2n) is 6.07. The molecule has 0 saturated heterocycles. The van der Waals surface area contributed by atoms with Crippen molar-refractivity contribution in [1.82, 2.24) is 4.98 Å². The molecule has 0 fully saturated rings. The van der Waals surface area contributed by atoms with Gasteiger partial charge in [0.05, 0.1) is 18.3 Å². The Hall–Kier alpha value is -3.13. The largest absolute Gasteiger partial charge is 0.497 e. The van der Waals surface area contributed by atoms with Crippen LogP contribution >= 0.6 is 0 Å². The normalized spacial score (nSPS) is 10.8. The molecule has 25 heavy (non-hydrogen) atoms. The Morgan fingerprint density at radius 2 is 1.40 bits per heavy atom. The third-order valence-corrected chi connectivity index (χ3v) is 4.56. The van der Waals surface area contributed by atoms with Crippen LogP contribution in [0.15, 0.2) is 78.9 Å². The van der Waals surface area contributed by atoms with E-state index in [-0.39, 0.29) is 0 Å². The van der Waals surface area contributed by atoms with Gasteiger partial charge in [0.1, 0.15) is 5.75 Å². The summed E-state index contributed by atoms with van der Waals surface area (Å²) in [6.45, 7) is 2.15. The van der Waals surface area contributed by atoms with Crippen LogP contribution in [0.25, 0.3) is 33.3 Å². The third kappa shape index (κ3) is 2.76. The molecule has 0 aliphatic carbocycles. The van der Waals surface area contributed by atoms with Crippen molar-refractivity contribution >= 4 is 10.9 Å². The Balaban J connectivity index is 2.01. The van der Waals surface area contributed by atoms with Crippen LogP contribution in [0.1, 0.15) is 5.56 Å². The van der Waals surface area contributed by atoms with Crippen molar-refractivity contribution in [3.63, 3.8) is 0 Å². The number of rotatable bonds is 3. The molecule has 1 heterocycles. The quantitative estimate of drug-likeness (QED) is 0.469. The van der Waals surface area contributed by atoms with Gasteiger partial charge in [-0.1, -0.05) is 48.5 Å². The average molecular weight is 325 g/mol. The number of methoxy groups -OCH3 is 1. The van der Waals surface area contributed by atoms with Gasteiger partial charge in [0.15, 0.2) is 0 Å². The van der Waals surface area contributed by atoms with Gasteiger partial charge in [-0.15, -0.1) is 0 Å².